The third-order valence-corrected chi connectivity index (χ3v) is 2.83. The zero-order chi connectivity index (χ0) is 14.1. The fourth-order valence-electron chi connectivity index (χ4n) is 1.78. The number of nitrogens with one attached hydrogen (secondary N) is 1. The largest absolute Gasteiger partial charge is 0.384 e. The molecule has 0 spiro atoms. The number of hydrogen-bond acceptors (Lipinski definition) is 2. The molecule has 1 amide bonds. The smallest absolute Gasteiger partial charge is 0.224 e. The first-order valence-electron chi connectivity index (χ1n) is 6.73. The van der Waals surface area contributed by atoms with Crippen LogP contribution in [0.4, 0.5) is 5.69 Å². The van der Waals surface area contributed by atoms with Gasteiger partial charge in [-0.05, 0) is 36.6 Å². The van der Waals surface area contributed by atoms with E-state index in [2.05, 4.69) is 24.1 Å². The fourth-order valence-corrected chi connectivity index (χ4v) is 1.78. The normalized spacial score (nSPS) is 9.63. The van der Waals surface area contributed by atoms with Crippen LogP contribution in [0.2, 0.25) is 0 Å². The number of anilines is 1. The minimum atomic E-state index is -0.142. The van der Waals surface area contributed by atoms with Crippen LogP contribution in [-0.2, 0) is 11.2 Å². The summed E-state index contributed by atoms with van der Waals surface area (Å²) in [6, 6.07) is 5.69. The molecular weight excluding hydrogens is 238 g/mol. The zero-order valence-electron chi connectivity index (χ0n) is 11.6. The van der Waals surface area contributed by atoms with Crippen molar-refractivity contribution in [1.29, 1.82) is 0 Å². The van der Waals surface area contributed by atoms with E-state index in [0.29, 0.717) is 6.42 Å². The molecule has 1 aromatic rings. The number of hydrogen-bond donors (Lipinski definition) is 2. The molecule has 3 heteroatoms. The number of aliphatic hydroxyl groups is 1. The van der Waals surface area contributed by atoms with Gasteiger partial charge in [0.25, 0.3) is 0 Å². The molecule has 0 saturated carbocycles. The monoisotopic (exact) mass is 259 g/mol. The van der Waals surface area contributed by atoms with Gasteiger partial charge in [0.1, 0.15) is 6.61 Å². The first-order valence-corrected chi connectivity index (χ1v) is 6.73. The van der Waals surface area contributed by atoms with Gasteiger partial charge in [0.2, 0.25) is 5.91 Å². The minimum Gasteiger partial charge on any atom is -0.384 e. The van der Waals surface area contributed by atoms with Crippen molar-refractivity contribution in [2.45, 2.75) is 39.5 Å². The van der Waals surface area contributed by atoms with E-state index in [1.165, 1.54) is 0 Å². The molecule has 0 fully saturated rings. The highest BCUT2D eigenvalue weighted by Gasteiger charge is 2.06. The summed E-state index contributed by atoms with van der Waals surface area (Å²) in [4.78, 5) is 11.7. The van der Waals surface area contributed by atoms with Gasteiger partial charge in [-0.25, -0.2) is 0 Å². The van der Waals surface area contributed by atoms with Crippen LogP contribution < -0.4 is 5.32 Å². The minimum absolute atomic E-state index is 0.0609. The first-order chi connectivity index (χ1) is 9.21. The van der Waals surface area contributed by atoms with Crippen molar-refractivity contribution in [1.82, 2.24) is 0 Å². The van der Waals surface area contributed by atoms with Crippen LogP contribution in [0.1, 0.15) is 44.2 Å². The predicted molar refractivity (Wildman–Crippen MR) is 77.9 cm³/mol. The zero-order valence-corrected chi connectivity index (χ0v) is 11.6. The third-order valence-electron chi connectivity index (χ3n) is 2.83. The summed E-state index contributed by atoms with van der Waals surface area (Å²) in [5.41, 5.74) is 2.78. The summed E-state index contributed by atoms with van der Waals surface area (Å²) >= 11 is 0. The van der Waals surface area contributed by atoms with Crippen LogP contribution in [0.25, 0.3) is 0 Å². The Morgan fingerprint density at radius 2 is 2.16 bits per heavy atom. The summed E-state index contributed by atoms with van der Waals surface area (Å²) in [5, 5.41) is 11.6. The molecule has 0 unspecified atom stereocenters. The molecule has 0 saturated heterocycles. The molecular formula is C16H21NO2. The van der Waals surface area contributed by atoms with E-state index < -0.39 is 0 Å². The number of benzene rings is 1. The number of amides is 1. The van der Waals surface area contributed by atoms with E-state index in [0.717, 1.165) is 36.1 Å². The summed E-state index contributed by atoms with van der Waals surface area (Å²) in [5.74, 6) is 5.55. The second-order valence-corrected chi connectivity index (χ2v) is 4.34. The van der Waals surface area contributed by atoms with Crippen molar-refractivity contribution in [2.24, 2.45) is 0 Å². The Labute approximate surface area is 115 Å². The fraction of sp³-hybridized carbons (Fsp3) is 0.438. The topological polar surface area (TPSA) is 49.3 Å². The van der Waals surface area contributed by atoms with Crippen LogP contribution in [0.3, 0.4) is 0 Å². The average molecular weight is 259 g/mol. The lowest BCUT2D eigenvalue weighted by Gasteiger charge is -2.10. The standard InChI is InChI=1S/C16H21NO2/c1-3-5-8-16(19)17-15-10-9-13(7-6-11-18)12-14(15)4-2/h9-10,12,18H,3-5,8,11H2,1-2H3,(H,17,19). The second kappa shape index (κ2) is 8.34. The van der Waals surface area contributed by atoms with Crippen molar-refractivity contribution >= 4 is 11.6 Å². The number of carbonyl (C=O) groups excluding carboxylic acids is 1. The van der Waals surface area contributed by atoms with Crippen molar-refractivity contribution < 1.29 is 9.90 Å². The molecule has 0 bridgehead atoms. The molecule has 19 heavy (non-hydrogen) atoms. The maximum Gasteiger partial charge on any atom is 0.224 e. The third kappa shape index (κ3) is 5.15. The number of carbonyl (C=O) groups is 1. The number of aryl methyl sites for hydroxylation is 1. The van der Waals surface area contributed by atoms with Gasteiger partial charge < -0.3 is 10.4 Å². The van der Waals surface area contributed by atoms with E-state index in [-0.39, 0.29) is 12.5 Å². The number of unbranched alkanes of at least 4 members (excludes halogenated alkanes) is 1. The van der Waals surface area contributed by atoms with Crippen LogP contribution in [0.5, 0.6) is 0 Å². The molecule has 0 aliphatic rings. The molecule has 0 radical (unpaired) electrons. The Bertz CT molecular complexity index is 483. The Balaban J connectivity index is 2.81. The van der Waals surface area contributed by atoms with Gasteiger partial charge in [0, 0.05) is 17.7 Å². The maximum absolute atomic E-state index is 11.7. The maximum atomic E-state index is 11.7. The molecule has 3 nitrogen and oxygen atoms in total. The van der Waals surface area contributed by atoms with E-state index in [1.54, 1.807) is 0 Å². The summed E-state index contributed by atoms with van der Waals surface area (Å²) in [6.07, 6.45) is 3.32. The van der Waals surface area contributed by atoms with Crippen LogP contribution in [0, 0.1) is 11.8 Å². The van der Waals surface area contributed by atoms with E-state index in [4.69, 9.17) is 5.11 Å². The number of rotatable bonds is 5. The van der Waals surface area contributed by atoms with Crippen LogP contribution >= 0.6 is 0 Å². The lowest BCUT2D eigenvalue weighted by Crippen LogP contribution is -2.12. The molecule has 102 valence electrons. The Hall–Kier alpha value is -1.79. The first kappa shape index (κ1) is 15.3. The lowest BCUT2D eigenvalue weighted by atomic mass is 10.1. The van der Waals surface area contributed by atoms with Gasteiger partial charge in [-0.2, -0.15) is 0 Å². The molecule has 1 rings (SSSR count). The highest BCUT2D eigenvalue weighted by atomic mass is 16.2. The van der Waals surface area contributed by atoms with Crippen molar-refractivity contribution in [3.8, 4) is 11.8 Å². The molecule has 0 aliphatic carbocycles. The molecule has 1 aromatic carbocycles. The Morgan fingerprint density at radius 1 is 1.37 bits per heavy atom. The van der Waals surface area contributed by atoms with E-state index in [9.17, 15) is 4.79 Å². The van der Waals surface area contributed by atoms with E-state index in [1.807, 2.05) is 25.1 Å². The van der Waals surface area contributed by atoms with Crippen molar-refractivity contribution in [2.75, 3.05) is 11.9 Å². The highest BCUT2D eigenvalue weighted by Crippen LogP contribution is 2.18. The van der Waals surface area contributed by atoms with Crippen molar-refractivity contribution in [3.63, 3.8) is 0 Å². The van der Waals surface area contributed by atoms with Gasteiger partial charge in [-0.15, -0.1) is 0 Å². The molecule has 0 atom stereocenters. The predicted octanol–water partition coefficient (Wildman–Crippen LogP) is 2.72. The van der Waals surface area contributed by atoms with Crippen molar-refractivity contribution in [3.05, 3.63) is 29.3 Å². The number of aliphatic hydroxyl groups excluding tert-OH is 1. The second-order valence-electron chi connectivity index (χ2n) is 4.34. The Kier molecular flexibility index (Phi) is 6.70. The van der Waals surface area contributed by atoms with Gasteiger partial charge in [0.05, 0.1) is 0 Å². The van der Waals surface area contributed by atoms with Gasteiger partial charge in [-0.3, -0.25) is 4.79 Å². The average Bonchev–Trinajstić information content (AvgIpc) is 2.43. The molecule has 0 aromatic heterocycles. The van der Waals surface area contributed by atoms with Crippen LogP contribution in [-0.4, -0.2) is 17.6 Å². The summed E-state index contributed by atoms with van der Waals surface area (Å²) < 4.78 is 0. The highest BCUT2D eigenvalue weighted by molar-refractivity contribution is 5.91. The molecule has 0 aliphatic heterocycles. The van der Waals surface area contributed by atoms with E-state index >= 15 is 0 Å². The molecule has 0 heterocycles. The van der Waals surface area contributed by atoms with Gasteiger partial charge in [-0.1, -0.05) is 32.1 Å². The Morgan fingerprint density at radius 3 is 2.79 bits per heavy atom. The molecule has 2 N–H and O–H groups in total. The van der Waals surface area contributed by atoms with Crippen LogP contribution in [0.15, 0.2) is 18.2 Å². The summed E-state index contributed by atoms with van der Waals surface area (Å²) in [7, 11) is 0. The lowest BCUT2D eigenvalue weighted by molar-refractivity contribution is -0.116. The van der Waals surface area contributed by atoms with Gasteiger partial charge in [0.15, 0.2) is 0 Å². The quantitative estimate of drug-likeness (QED) is 0.799. The summed E-state index contributed by atoms with van der Waals surface area (Å²) in [6.45, 7) is 3.97. The SMILES string of the molecule is CCCCC(=O)Nc1ccc(C#CCO)cc1CC. The van der Waals surface area contributed by atoms with Gasteiger partial charge >= 0.3 is 0 Å².